The molecule has 0 fully saturated rings. The van der Waals surface area contributed by atoms with Crippen LogP contribution in [0.2, 0.25) is 0 Å². The highest BCUT2D eigenvalue weighted by molar-refractivity contribution is 8.76. The highest BCUT2D eigenvalue weighted by Gasteiger charge is 2.45. The van der Waals surface area contributed by atoms with Crippen molar-refractivity contribution in [2.24, 2.45) is 0 Å². The fraction of sp³-hybridized carbons (Fsp3) is 0.250. The van der Waals surface area contributed by atoms with Crippen LogP contribution in [-0.4, -0.2) is 23.9 Å². The van der Waals surface area contributed by atoms with Gasteiger partial charge in [-0.1, -0.05) is 58.0 Å². The summed E-state index contributed by atoms with van der Waals surface area (Å²) in [6.45, 7) is 6.13. The first-order valence-corrected chi connectivity index (χ1v) is 19.2. The van der Waals surface area contributed by atoms with Gasteiger partial charge in [-0.2, -0.15) is 9.13 Å². The van der Waals surface area contributed by atoms with Gasteiger partial charge in [-0.3, -0.25) is 0 Å². The fourth-order valence-electron chi connectivity index (χ4n) is 7.95. The molecule has 6 nitrogen and oxygen atoms in total. The monoisotopic (exact) mass is 922 g/mol. The van der Waals surface area contributed by atoms with Gasteiger partial charge in [0.05, 0.1) is 11.4 Å². The van der Waals surface area contributed by atoms with Crippen LogP contribution in [0.5, 0.6) is 0 Å². The molecule has 0 spiro atoms. The summed E-state index contributed by atoms with van der Waals surface area (Å²) in [5.74, 6) is 1.92. The minimum Gasteiger partial charge on any atom is -1.00 e. The molecule has 0 unspecified atom stereocenters. The third-order valence-corrected chi connectivity index (χ3v) is 13.2. The van der Waals surface area contributed by atoms with Crippen LogP contribution in [0.4, 0.5) is 0 Å². The van der Waals surface area contributed by atoms with E-state index in [-0.39, 0.29) is 48.0 Å². The van der Waals surface area contributed by atoms with Crippen molar-refractivity contribution in [3.05, 3.63) is 118 Å². The van der Waals surface area contributed by atoms with E-state index in [0.29, 0.717) is 0 Å². The van der Waals surface area contributed by atoms with Crippen molar-refractivity contribution in [2.45, 2.75) is 62.4 Å². The van der Waals surface area contributed by atoms with Gasteiger partial charge >= 0.3 is 11.8 Å². The number of aryl methyl sites for hydroxylation is 2. The zero-order valence-electron chi connectivity index (χ0n) is 28.3. The number of oxazole rings is 2. The Morgan fingerprint density at radius 3 is 1.32 bits per heavy atom. The van der Waals surface area contributed by atoms with Crippen LogP contribution in [0.15, 0.2) is 91.4 Å². The molecule has 50 heavy (non-hydrogen) atoms. The highest BCUT2D eigenvalue weighted by Crippen LogP contribution is 2.53. The molecule has 2 aromatic heterocycles. The van der Waals surface area contributed by atoms with Gasteiger partial charge in [0.25, 0.3) is 11.0 Å². The summed E-state index contributed by atoms with van der Waals surface area (Å²) in [5, 5.41) is 0. The molecule has 10 heteroatoms. The summed E-state index contributed by atoms with van der Waals surface area (Å²) in [7, 11) is 8.19. The maximum absolute atomic E-state index is 6.39. The molecule has 254 valence electrons. The number of aromatic nitrogens is 2. The lowest BCUT2D eigenvalue weighted by Gasteiger charge is -2.27. The van der Waals surface area contributed by atoms with Crippen molar-refractivity contribution in [3.63, 3.8) is 0 Å². The van der Waals surface area contributed by atoms with Gasteiger partial charge in [0.2, 0.25) is 11.2 Å². The van der Waals surface area contributed by atoms with E-state index < -0.39 is 0 Å². The van der Waals surface area contributed by atoms with Crippen LogP contribution >= 0.6 is 21.6 Å². The molecule has 4 aliphatic rings. The van der Waals surface area contributed by atoms with E-state index in [9.17, 15) is 0 Å². The Morgan fingerprint density at radius 2 is 0.940 bits per heavy atom. The highest BCUT2D eigenvalue weighted by atomic mass is 127. The minimum atomic E-state index is 0. The number of nitrogens with zero attached hydrogens (tertiary/aromatic N) is 4. The lowest BCUT2D eigenvalue weighted by Crippen LogP contribution is -3.00. The number of fused-ring (bicyclic) bond motifs is 4. The maximum Gasteiger partial charge on any atom is 0.400 e. The van der Waals surface area contributed by atoms with Gasteiger partial charge in [0.1, 0.15) is 13.1 Å². The Labute approximate surface area is 334 Å². The molecular formula is C40H36I2N4O2S2. The standard InChI is InChI=1S/C40H36N4O2S2.2HI/c1-5-43-29-11-7-9-13-31(29)45-39(43)37-35(41(37)3)27-19-21-33(25-17-15-23(25)27)47-48-34-22-20-28(24-16-18-26(24)34)36-38(42(36)4)40-44(6-2)30-12-8-10-14-32(30)46-40;;/h7-14,19-22H,5-6,15-18H2,1-4H3;2*1H/q+2;;/p-2. The molecule has 2 aliphatic heterocycles. The van der Waals surface area contributed by atoms with Gasteiger partial charge in [-0.05, 0) is 86.1 Å². The van der Waals surface area contributed by atoms with E-state index in [4.69, 9.17) is 8.83 Å². The molecular weight excluding hydrogens is 886 g/mol. The first kappa shape index (κ1) is 34.2. The summed E-state index contributed by atoms with van der Waals surface area (Å²) in [6, 6.07) is 26.1. The Bertz CT molecular complexity index is 2280. The van der Waals surface area contributed by atoms with Crippen molar-refractivity contribution < 1.29 is 65.9 Å². The maximum atomic E-state index is 6.39. The Balaban J connectivity index is 0.00000180. The van der Waals surface area contributed by atoms with Gasteiger partial charge in [0.15, 0.2) is 11.4 Å². The van der Waals surface area contributed by atoms with Crippen LogP contribution in [-0.2, 0) is 38.8 Å². The summed E-state index contributed by atoms with van der Waals surface area (Å²) in [4.78, 5) is 7.41. The minimum absolute atomic E-state index is 0. The second-order valence-corrected chi connectivity index (χ2v) is 15.3. The number of para-hydroxylation sites is 4. The second-order valence-electron chi connectivity index (χ2n) is 13.1. The molecule has 0 saturated carbocycles. The largest absolute Gasteiger partial charge is 1.00 e. The lowest BCUT2D eigenvalue weighted by atomic mass is 9.84. The van der Waals surface area contributed by atoms with Crippen molar-refractivity contribution >= 4 is 66.6 Å². The molecule has 2 aliphatic carbocycles. The summed E-state index contributed by atoms with van der Waals surface area (Å²) in [6.07, 6.45) is 4.58. The third kappa shape index (κ3) is 5.02. The van der Waals surface area contributed by atoms with Gasteiger partial charge in [0, 0.05) is 47.1 Å². The van der Waals surface area contributed by atoms with Crippen LogP contribution in [0, 0.1) is 0 Å². The molecule has 0 saturated heterocycles. The zero-order chi connectivity index (χ0) is 32.3. The quantitative estimate of drug-likeness (QED) is 0.126. The summed E-state index contributed by atoms with van der Waals surface area (Å²) >= 11 is 0. The van der Waals surface area contributed by atoms with E-state index in [1.54, 1.807) is 0 Å². The average Bonchev–Trinajstić information content (AvgIpc) is 3.80. The van der Waals surface area contributed by atoms with Crippen LogP contribution < -0.4 is 57.1 Å². The predicted molar refractivity (Wildman–Crippen MR) is 193 cm³/mol. The summed E-state index contributed by atoms with van der Waals surface area (Å²) in [5.41, 5.74) is 18.0. The number of benzene rings is 4. The van der Waals surface area contributed by atoms with Crippen LogP contribution in [0.1, 0.15) is 59.0 Å². The molecule has 4 heterocycles. The van der Waals surface area contributed by atoms with E-state index >= 15 is 0 Å². The molecule has 0 N–H and O–H groups in total. The van der Waals surface area contributed by atoms with Crippen molar-refractivity contribution in [2.75, 3.05) is 14.1 Å². The number of rotatable bonds is 9. The predicted octanol–water partition coefficient (Wildman–Crippen LogP) is 2.34. The first-order valence-electron chi connectivity index (χ1n) is 17.0. The lowest BCUT2D eigenvalue weighted by molar-refractivity contribution is -0.675. The van der Waals surface area contributed by atoms with Crippen molar-refractivity contribution in [1.29, 1.82) is 0 Å². The van der Waals surface area contributed by atoms with E-state index in [1.165, 1.54) is 66.0 Å². The Hall–Kier alpha value is -2.94. The number of hydrogen-bond donors (Lipinski definition) is 0. The average molecular weight is 923 g/mol. The normalized spacial score (nSPS) is 15.4. The van der Waals surface area contributed by atoms with Crippen LogP contribution in [0.25, 0.3) is 45.0 Å². The molecule has 0 bridgehead atoms. The van der Waals surface area contributed by atoms with Gasteiger partial charge in [-0.25, -0.2) is 0 Å². The number of halogens is 2. The third-order valence-electron chi connectivity index (χ3n) is 10.7. The van der Waals surface area contributed by atoms with Crippen LogP contribution in [0.3, 0.4) is 0 Å². The summed E-state index contributed by atoms with van der Waals surface area (Å²) < 4.78 is 17.4. The molecule has 0 atom stereocenters. The van der Waals surface area contributed by atoms with Crippen molar-refractivity contribution in [3.8, 4) is 0 Å². The number of hydrogen-bond acceptors (Lipinski definition) is 6. The Morgan fingerprint density at radius 1 is 0.540 bits per heavy atom. The van der Waals surface area contributed by atoms with E-state index in [0.717, 1.165) is 72.8 Å². The van der Waals surface area contributed by atoms with E-state index in [2.05, 4.69) is 108 Å². The fourth-order valence-corrected chi connectivity index (χ4v) is 10.5. The molecule has 6 aromatic rings. The molecule has 0 radical (unpaired) electrons. The SMILES string of the molecule is CC[n+]1c(C2=C(c3ccc(SSc4ccc(C5=C(c6oc7ccccc7[n+]6CC)N5C)c5c4CC5)c4c3CC4)N2C)oc2ccccc21.[I-].[I-]. The van der Waals surface area contributed by atoms with E-state index in [1.807, 2.05) is 33.7 Å². The second kappa shape index (κ2) is 12.9. The Kier molecular flexibility index (Phi) is 8.83. The topological polar surface area (TPSA) is 40.1 Å². The first-order chi connectivity index (χ1) is 23.6. The smallest absolute Gasteiger partial charge is 0.400 e. The molecule has 10 rings (SSSR count). The van der Waals surface area contributed by atoms with Gasteiger partial charge in [-0.15, -0.1) is 0 Å². The van der Waals surface area contributed by atoms with Gasteiger partial charge < -0.3 is 66.6 Å². The van der Waals surface area contributed by atoms with Crippen molar-refractivity contribution in [1.82, 2.24) is 9.80 Å². The zero-order valence-corrected chi connectivity index (χ0v) is 34.3. The molecule has 0 amide bonds. The molecule has 4 aromatic carbocycles.